The second-order valence-corrected chi connectivity index (χ2v) is 4.44. The lowest BCUT2D eigenvalue weighted by Gasteiger charge is -2.07. The molecule has 0 saturated heterocycles. The summed E-state index contributed by atoms with van der Waals surface area (Å²) in [6.07, 6.45) is 0. The van der Waals surface area contributed by atoms with E-state index in [2.05, 4.69) is 0 Å². The van der Waals surface area contributed by atoms with Gasteiger partial charge in [0.1, 0.15) is 11.5 Å². The SMILES string of the molecule is Cc1cc(C(C)(Cl)Cl)oc1C. The summed E-state index contributed by atoms with van der Waals surface area (Å²) in [5.74, 6) is 1.48. The molecule has 0 radical (unpaired) electrons. The van der Waals surface area contributed by atoms with Gasteiger partial charge in [-0.15, -0.1) is 0 Å². The molecule has 0 bridgehead atoms. The molecule has 11 heavy (non-hydrogen) atoms. The van der Waals surface area contributed by atoms with Crippen LogP contribution in [0.1, 0.15) is 24.0 Å². The molecule has 62 valence electrons. The molecule has 0 N–H and O–H groups in total. The van der Waals surface area contributed by atoms with E-state index in [0.717, 1.165) is 11.3 Å². The van der Waals surface area contributed by atoms with Crippen LogP contribution in [0.4, 0.5) is 0 Å². The van der Waals surface area contributed by atoms with Gasteiger partial charge in [-0.05, 0) is 32.4 Å². The largest absolute Gasteiger partial charge is 0.463 e. The predicted molar refractivity (Wildman–Crippen MR) is 47.2 cm³/mol. The second kappa shape index (κ2) is 2.72. The van der Waals surface area contributed by atoms with E-state index in [9.17, 15) is 0 Å². The van der Waals surface area contributed by atoms with E-state index in [-0.39, 0.29) is 0 Å². The molecule has 0 unspecified atom stereocenters. The zero-order valence-electron chi connectivity index (χ0n) is 6.74. The van der Waals surface area contributed by atoms with Gasteiger partial charge in [-0.25, -0.2) is 0 Å². The third-order valence-corrected chi connectivity index (χ3v) is 1.97. The summed E-state index contributed by atoms with van der Waals surface area (Å²) in [7, 11) is 0. The normalized spacial score (nSPS) is 12.1. The highest BCUT2D eigenvalue weighted by Crippen LogP contribution is 2.35. The van der Waals surface area contributed by atoms with Gasteiger partial charge in [0.15, 0.2) is 4.33 Å². The standard InChI is InChI=1S/C8H10Cl2O/c1-5-4-7(8(3,9)10)11-6(5)2/h4H,1-3H3. The molecule has 1 heterocycles. The summed E-state index contributed by atoms with van der Waals surface area (Å²) in [6, 6.07) is 1.86. The summed E-state index contributed by atoms with van der Waals surface area (Å²) in [6.45, 7) is 5.54. The van der Waals surface area contributed by atoms with Crippen LogP contribution in [-0.4, -0.2) is 0 Å². The van der Waals surface area contributed by atoms with Crippen LogP contribution >= 0.6 is 23.2 Å². The van der Waals surface area contributed by atoms with E-state index in [4.69, 9.17) is 27.6 Å². The molecular formula is C8H10Cl2O. The Morgan fingerprint density at radius 3 is 2.09 bits per heavy atom. The van der Waals surface area contributed by atoms with Crippen molar-refractivity contribution in [3.63, 3.8) is 0 Å². The average Bonchev–Trinajstić information content (AvgIpc) is 2.11. The van der Waals surface area contributed by atoms with Gasteiger partial charge in [0.25, 0.3) is 0 Å². The van der Waals surface area contributed by atoms with E-state index < -0.39 is 4.33 Å². The van der Waals surface area contributed by atoms with E-state index in [0.29, 0.717) is 5.76 Å². The first-order valence-electron chi connectivity index (χ1n) is 3.36. The average molecular weight is 193 g/mol. The van der Waals surface area contributed by atoms with Crippen LogP contribution in [0.5, 0.6) is 0 Å². The summed E-state index contributed by atoms with van der Waals surface area (Å²) in [5.41, 5.74) is 1.08. The minimum absolute atomic E-state index is 0.607. The summed E-state index contributed by atoms with van der Waals surface area (Å²) in [5, 5.41) is 0. The van der Waals surface area contributed by atoms with Crippen LogP contribution in [-0.2, 0) is 4.33 Å². The van der Waals surface area contributed by atoms with Crippen LogP contribution in [0.25, 0.3) is 0 Å². The van der Waals surface area contributed by atoms with Crippen molar-refractivity contribution in [1.29, 1.82) is 0 Å². The molecule has 1 aromatic heterocycles. The molecular weight excluding hydrogens is 183 g/mol. The van der Waals surface area contributed by atoms with Gasteiger partial charge >= 0.3 is 0 Å². The minimum atomic E-state index is -0.918. The number of aryl methyl sites for hydroxylation is 2. The van der Waals surface area contributed by atoms with Gasteiger partial charge in [0.05, 0.1) is 0 Å². The van der Waals surface area contributed by atoms with Crippen LogP contribution in [0.15, 0.2) is 10.5 Å². The quantitative estimate of drug-likeness (QED) is 0.621. The molecule has 1 rings (SSSR count). The maximum Gasteiger partial charge on any atom is 0.172 e. The Bertz CT molecular complexity index is 238. The van der Waals surface area contributed by atoms with Gasteiger partial charge < -0.3 is 4.42 Å². The summed E-state index contributed by atoms with van der Waals surface area (Å²) in [4.78, 5) is 0. The van der Waals surface area contributed by atoms with Crippen molar-refractivity contribution in [2.75, 3.05) is 0 Å². The zero-order valence-corrected chi connectivity index (χ0v) is 8.25. The molecule has 0 amide bonds. The number of rotatable bonds is 1. The van der Waals surface area contributed by atoms with E-state index in [1.165, 1.54) is 0 Å². The minimum Gasteiger partial charge on any atom is -0.463 e. The van der Waals surface area contributed by atoms with Gasteiger partial charge in [-0.1, -0.05) is 23.2 Å². The van der Waals surface area contributed by atoms with Crippen molar-refractivity contribution in [2.45, 2.75) is 25.1 Å². The fourth-order valence-corrected chi connectivity index (χ4v) is 0.976. The van der Waals surface area contributed by atoms with Crippen molar-refractivity contribution in [3.8, 4) is 0 Å². The van der Waals surface area contributed by atoms with Crippen molar-refractivity contribution in [2.24, 2.45) is 0 Å². The van der Waals surface area contributed by atoms with Crippen LogP contribution in [0, 0.1) is 13.8 Å². The van der Waals surface area contributed by atoms with Gasteiger partial charge in [-0.3, -0.25) is 0 Å². The molecule has 0 aromatic carbocycles. The molecule has 3 heteroatoms. The molecule has 0 fully saturated rings. The lowest BCUT2D eigenvalue weighted by atomic mass is 10.2. The topological polar surface area (TPSA) is 13.1 Å². The smallest absolute Gasteiger partial charge is 0.172 e. The first-order chi connectivity index (χ1) is 4.91. The number of furan rings is 1. The Morgan fingerprint density at radius 2 is 1.91 bits per heavy atom. The predicted octanol–water partition coefficient (Wildman–Crippen LogP) is 3.55. The molecule has 0 aliphatic carbocycles. The monoisotopic (exact) mass is 192 g/mol. The Kier molecular flexibility index (Phi) is 2.22. The lowest BCUT2D eigenvalue weighted by Crippen LogP contribution is -2.00. The Hall–Kier alpha value is -0.140. The maximum absolute atomic E-state index is 5.82. The van der Waals surface area contributed by atoms with E-state index >= 15 is 0 Å². The Balaban J connectivity index is 3.08. The summed E-state index contributed by atoms with van der Waals surface area (Å²) < 4.78 is 4.40. The fourth-order valence-electron chi connectivity index (χ4n) is 0.789. The first kappa shape index (κ1) is 8.95. The molecule has 0 atom stereocenters. The van der Waals surface area contributed by atoms with Gasteiger partial charge in [0.2, 0.25) is 0 Å². The second-order valence-electron chi connectivity index (χ2n) is 2.74. The van der Waals surface area contributed by atoms with Gasteiger partial charge in [0, 0.05) is 0 Å². The van der Waals surface area contributed by atoms with Crippen LogP contribution < -0.4 is 0 Å². The van der Waals surface area contributed by atoms with Crippen LogP contribution in [0.3, 0.4) is 0 Å². The number of alkyl halides is 2. The van der Waals surface area contributed by atoms with Crippen molar-refractivity contribution in [1.82, 2.24) is 0 Å². The third-order valence-electron chi connectivity index (χ3n) is 1.60. The number of hydrogen-bond acceptors (Lipinski definition) is 1. The number of halogens is 2. The van der Waals surface area contributed by atoms with Gasteiger partial charge in [-0.2, -0.15) is 0 Å². The summed E-state index contributed by atoms with van der Waals surface area (Å²) >= 11 is 11.6. The van der Waals surface area contributed by atoms with E-state index in [1.807, 2.05) is 19.9 Å². The lowest BCUT2D eigenvalue weighted by molar-refractivity contribution is 0.471. The fraction of sp³-hybridized carbons (Fsp3) is 0.500. The highest BCUT2D eigenvalue weighted by molar-refractivity contribution is 6.47. The van der Waals surface area contributed by atoms with Crippen molar-refractivity contribution in [3.05, 3.63) is 23.2 Å². The highest BCUT2D eigenvalue weighted by atomic mass is 35.5. The molecule has 0 aliphatic rings. The van der Waals surface area contributed by atoms with Crippen molar-refractivity contribution >= 4 is 23.2 Å². The number of hydrogen-bond donors (Lipinski definition) is 0. The molecule has 1 aromatic rings. The molecule has 0 aliphatic heterocycles. The first-order valence-corrected chi connectivity index (χ1v) is 4.12. The van der Waals surface area contributed by atoms with E-state index in [1.54, 1.807) is 6.92 Å². The Labute approximate surface area is 76.3 Å². The molecule has 0 saturated carbocycles. The molecule has 1 nitrogen and oxygen atoms in total. The Morgan fingerprint density at radius 1 is 1.36 bits per heavy atom. The zero-order chi connectivity index (χ0) is 8.65. The maximum atomic E-state index is 5.82. The third kappa shape index (κ3) is 1.91. The van der Waals surface area contributed by atoms with Crippen LogP contribution in [0.2, 0.25) is 0 Å². The highest BCUT2D eigenvalue weighted by Gasteiger charge is 2.24. The van der Waals surface area contributed by atoms with Crippen molar-refractivity contribution < 1.29 is 4.42 Å². The molecule has 0 spiro atoms.